The van der Waals surface area contributed by atoms with Gasteiger partial charge in [0.05, 0.1) is 16.9 Å². The quantitative estimate of drug-likeness (QED) is 0.307. The molecular formula is C20H13BrF6N4O3. The zero-order valence-electron chi connectivity index (χ0n) is 16.6. The van der Waals surface area contributed by atoms with Crippen molar-refractivity contribution < 1.29 is 41.0 Å². The van der Waals surface area contributed by atoms with E-state index in [0.29, 0.717) is 0 Å². The van der Waals surface area contributed by atoms with E-state index in [4.69, 9.17) is 5.11 Å². The average molecular weight is 551 g/mol. The summed E-state index contributed by atoms with van der Waals surface area (Å²) in [5.74, 6) is -1.90. The number of nitrogens with zero attached hydrogens (tertiary/aromatic N) is 2. The number of carboxylic acid groups (broad SMARTS) is 1. The number of carbonyl (C=O) groups is 1. The molecule has 0 saturated carbocycles. The molecule has 0 fully saturated rings. The molecule has 1 aromatic heterocycles. The van der Waals surface area contributed by atoms with Crippen LogP contribution in [0, 0.1) is 0 Å². The summed E-state index contributed by atoms with van der Waals surface area (Å²) in [6.07, 6.45) is -9.47. The van der Waals surface area contributed by atoms with Gasteiger partial charge in [0.15, 0.2) is 0 Å². The van der Waals surface area contributed by atoms with E-state index in [1.165, 1.54) is 18.2 Å². The molecule has 0 aliphatic rings. The molecule has 0 amide bonds. The smallest absolute Gasteiger partial charge is 0.480 e. The zero-order chi connectivity index (χ0) is 25.1. The maximum absolute atomic E-state index is 12.9. The van der Waals surface area contributed by atoms with Crippen LogP contribution in [0.5, 0.6) is 5.75 Å². The van der Waals surface area contributed by atoms with Crippen molar-refractivity contribution in [3.05, 3.63) is 58.6 Å². The first-order valence-electron chi connectivity index (χ1n) is 9.15. The minimum Gasteiger partial charge on any atom is -0.480 e. The molecule has 3 aromatic rings. The van der Waals surface area contributed by atoms with E-state index >= 15 is 0 Å². The van der Waals surface area contributed by atoms with Crippen LogP contribution in [0.15, 0.2) is 53.0 Å². The lowest BCUT2D eigenvalue weighted by molar-refractivity contribution is -0.274. The van der Waals surface area contributed by atoms with Crippen LogP contribution in [0.2, 0.25) is 0 Å². The Balaban J connectivity index is 1.99. The van der Waals surface area contributed by atoms with Crippen molar-refractivity contribution in [2.45, 2.75) is 12.5 Å². The van der Waals surface area contributed by atoms with Crippen LogP contribution in [0.3, 0.4) is 0 Å². The van der Waals surface area contributed by atoms with Crippen LogP contribution >= 0.6 is 15.9 Å². The van der Waals surface area contributed by atoms with Crippen LogP contribution in [0.4, 0.5) is 43.8 Å². The van der Waals surface area contributed by atoms with Gasteiger partial charge >= 0.3 is 18.5 Å². The third-order valence-corrected chi connectivity index (χ3v) is 4.70. The largest absolute Gasteiger partial charge is 0.573 e. The zero-order valence-corrected chi connectivity index (χ0v) is 18.2. The number of halogens is 7. The van der Waals surface area contributed by atoms with Crippen molar-refractivity contribution in [2.24, 2.45) is 0 Å². The van der Waals surface area contributed by atoms with Gasteiger partial charge in [-0.3, -0.25) is 4.79 Å². The van der Waals surface area contributed by atoms with Gasteiger partial charge in [0, 0.05) is 16.1 Å². The Morgan fingerprint density at radius 1 is 1.03 bits per heavy atom. The molecule has 0 aliphatic carbocycles. The van der Waals surface area contributed by atoms with E-state index in [9.17, 15) is 31.1 Å². The molecule has 0 spiro atoms. The van der Waals surface area contributed by atoms with E-state index < -0.39 is 36.4 Å². The van der Waals surface area contributed by atoms with Gasteiger partial charge in [-0.1, -0.05) is 12.1 Å². The molecule has 0 unspecified atom stereocenters. The maximum atomic E-state index is 12.9. The summed E-state index contributed by atoms with van der Waals surface area (Å²) in [7, 11) is 0. The summed E-state index contributed by atoms with van der Waals surface area (Å²) in [4.78, 5) is 19.1. The van der Waals surface area contributed by atoms with Crippen LogP contribution in [-0.4, -0.2) is 34.0 Å². The topological polar surface area (TPSA) is 96.4 Å². The summed E-state index contributed by atoms with van der Waals surface area (Å²) >= 11 is 3.04. The Kier molecular flexibility index (Phi) is 7.19. The van der Waals surface area contributed by atoms with Gasteiger partial charge in [-0.05, 0) is 46.3 Å². The van der Waals surface area contributed by atoms with E-state index in [-0.39, 0.29) is 33.2 Å². The molecule has 0 saturated heterocycles. The molecule has 7 nitrogen and oxygen atoms in total. The molecule has 34 heavy (non-hydrogen) atoms. The number of hydrogen-bond donors (Lipinski definition) is 3. The summed E-state index contributed by atoms with van der Waals surface area (Å²) in [5.41, 5.74) is -0.437. The van der Waals surface area contributed by atoms with E-state index in [2.05, 4.69) is 41.3 Å². The van der Waals surface area contributed by atoms with E-state index in [0.717, 1.165) is 30.3 Å². The number of benzene rings is 2. The first kappa shape index (κ1) is 25.1. The fourth-order valence-electron chi connectivity index (χ4n) is 2.68. The fraction of sp³-hybridized carbons (Fsp3) is 0.150. The first-order valence-corrected chi connectivity index (χ1v) is 9.94. The van der Waals surface area contributed by atoms with Crippen LogP contribution < -0.4 is 15.4 Å². The van der Waals surface area contributed by atoms with Crippen molar-refractivity contribution in [2.75, 3.05) is 17.2 Å². The highest BCUT2D eigenvalue weighted by molar-refractivity contribution is 9.10. The van der Waals surface area contributed by atoms with Gasteiger partial charge < -0.3 is 20.5 Å². The number of anilines is 3. The number of rotatable bonds is 7. The molecule has 0 aliphatic heterocycles. The van der Waals surface area contributed by atoms with Crippen LogP contribution in [0.1, 0.15) is 5.56 Å². The second kappa shape index (κ2) is 9.75. The highest BCUT2D eigenvalue weighted by Crippen LogP contribution is 2.35. The van der Waals surface area contributed by atoms with Gasteiger partial charge in [0.25, 0.3) is 0 Å². The van der Waals surface area contributed by atoms with Crippen LogP contribution in [0.25, 0.3) is 11.3 Å². The number of aromatic nitrogens is 2. The highest BCUT2D eigenvalue weighted by atomic mass is 79.9. The summed E-state index contributed by atoms with van der Waals surface area (Å²) in [5, 5.41) is 14.1. The standard InChI is InChI=1S/C20H13BrF6N4O3/c21-13-7-11(19(22,23)24)4-5-14(13)29-16-8-15(30-18(31-16)28-9-17(32)33)10-2-1-3-12(6-10)34-20(25,26)27/h1-8H,9H2,(H,32,33)(H2,28,29,30,31). The lowest BCUT2D eigenvalue weighted by Gasteiger charge is -2.14. The Morgan fingerprint density at radius 2 is 1.76 bits per heavy atom. The average Bonchev–Trinajstić information content (AvgIpc) is 2.72. The second-order valence-electron chi connectivity index (χ2n) is 6.60. The van der Waals surface area contributed by atoms with Crippen molar-refractivity contribution >= 4 is 39.4 Å². The summed E-state index contributed by atoms with van der Waals surface area (Å²) < 4.78 is 80.4. The number of nitrogens with one attached hydrogen (secondary N) is 2. The number of alkyl halides is 6. The van der Waals surface area contributed by atoms with Crippen molar-refractivity contribution in [3.8, 4) is 17.0 Å². The van der Waals surface area contributed by atoms with Crippen molar-refractivity contribution in [3.63, 3.8) is 0 Å². The maximum Gasteiger partial charge on any atom is 0.573 e. The molecule has 0 radical (unpaired) electrons. The monoisotopic (exact) mass is 550 g/mol. The molecule has 1 heterocycles. The molecule has 14 heteroatoms. The molecule has 3 N–H and O–H groups in total. The summed E-state index contributed by atoms with van der Waals surface area (Å²) in [6.45, 7) is -0.565. The lowest BCUT2D eigenvalue weighted by Crippen LogP contribution is -2.17. The lowest BCUT2D eigenvalue weighted by atomic mass is 10.1. The molecule has 0 bridgehead atoms. The number of ether oxygens (including phenoxy) is 1. The Hall–Kier alpha value is -3.55. The third kappa shape index (κ3) is 6.97. The molecule has 2 aromatic carbocycles. The first-order chi connectivity index (χ1) is 15.8. The van der Waals surface area contributed by atoms with E-state index in [1.54, 1.807) is 0 Å². The van der Waals surface area contributed by atoms with Crippen LogP contribution in [-0.2, 0) is 11.0 Å². The van der Waals surface area contributed by atoms with Gasteiger partial charge in [-0.2, -0.15) is 18.2 Å². The molecule has 0 atom stereocenters. The molecule has 180 valence electrons. The van der Waals surface area contributed by atoms with E-state index in [1.807, 2.05) is 0 Å². The van der Waals surface area contributed by atoms with Gasteiger partial charge in [-0.15, -0.1) is 13.2 Å². The SMILES string of the molecule is O=C(O)CNc1nc(Nc2ccc(C(F)(F)F)cc2Br)cc(-c2cccc(OC(F)(F)F)c2)n1. The minimum absolute atomic E-state index is 0.0282. The Labute approximate surface area is 195 Å². The van der Waals surface area contributed by atoms with Gasteiger partial charge in [-0.25, -0.2) is 4.98 Å². The van der Waals surface area contributed by atoms with Crippen molar-refractivity contribution in [1.82, 2.24) is 9.97 Å². The predicted molar refractivity (Wildman–Crippen MR) is 113 cm³/mol. The minimum atomic E-state index is -4.92. The Bertz CT molecular complexity index is 1200. The van der Waals surface area contributed by atoms with Gasteiger partial charge in [0.1, 0.15) is 18.1 Å². The molecule has 3 rings (SSSR count). The fourth-order valence-corrected chi connectivity index (χ4v) is 3.15. The van der Waals surface area contributed by atoms with Gasteiger partial charge in [0.2, 0.25) is 5.95 Å². The number of hydrogen-bond acceptors (Lipinski definition) is 6. The number of carboxylic acids is 1. The van der Waals surface area contributed by atoms with Crippen molar-refractivity contribution in [1.29, 1.82) is 0 Å². The normalized spacial score (nSPS) is 11.7. The second-order valence-corrected chi connectivity index (χ2v) is 7.46. The Morgan fingerprint density at radius 3 is 2.38 bits per heavy atom. The molecular weight excluding hydrogens is 538 g/mol. The third-order valence-electron chi connectivity index (χ3n) is 4.05. The number of aliphatic carboxylic acids is 1. The summed E-state index contributed by atoms with van der Waals surface area (Å²) in [6, 6.07) is 9.05. The highest BCUT2D eigenvalue weighted by Gasteiger charge is 2.32. The predicted octanol–water partition coefficient (Wildman–Crippen LogP) is 6.06.